The molecule has 6 rings (SSSR count). The number of benzene rings is 2. The first-order valence-electron chi connectivity index (χ1n) is 13.3. The molecule has 2 aliphatic heterocycles. The molecule has 40 heavy (non-hydrogen) atoms. The number of hydrogen-bond donors (Lipinski definition) is 1. The van der Waals surface area contributed by atoms with E-state index < -0.39 is 5.82 Å². The molecule has 2 aromatic heterocycles. The Hall–Kier alpha value is -3.75. The molecule has 2 aliphatic rings. The number of hydrogen-bond acceptors (Lipinski definition) is 5. The number of halogens is 2. The number of thiophene rings is 1. The summed E-state index contributed by atoms with van der Waals surface area (Å²) in [6.07, 6.45) is 2.76. The third-order valence-corrected chi connectivity index (χ3v) is 9.08. The van der Waals surface area contributed by atoms with Crippen molar-refractivity contribution in [1.29, 1.82) is 0 Å². The summed E-state index contributed by atoms with van der Waals surface area (Å²) >= 11 is 7.75. The van der Waals surface area contributed by atoms with Crippen molar-refractivity contribution >= 4 is 51.9 Å². The van der Waals surface area contributed by atoms with Gasteiger partial charge in [-0.05, 0) is 86.7 Å². The summed E-state index contributed by atoms with van der Waals surface area (Å²) in [5, 5.41) is 3.24. The van der Waals surface area contributed by atoms with Gasteiger partial charge in [0.05, 0.1) is 16.3 Å². The molecule has 204 valence electrons. The summed E-state index contributed by atoms with van der Waals surface area (Å²) in [5.74, 6) is -0.221. The van der Waals surface area contributed by atoms with Gasteiger partial charge in [-0.15, -0.1) is 11.3 Å². The molecule has 0 spiro atoms. The highest BCUT2D eigenvalue weighted by Gasteiger charge is 2.30. The number of fused-ring (bicyclic) bond motifs is 3. The summed E-state index contributed by atoms with van der Waals surface area (Å²) in [6.45, 7) is 5.26. The van der Waals surface area contributed by atoms with Crippen molar-refractivity contribution in [2.45, 2.75) is 39.2 Å². The average molecular weight is 575 g/mol. The fourth-order valence-corrected chi connectivity index (χ4v) is 6.82. The number of aromatic nitrogens is 1. The standard InChI is InChI=1S/C31H28ClFN4O2S/c1-18-6-3-8-23(33)28(18)35-30(38)26-16-20-13-15-37(25-17-21(32)11-12-22(25)29(20)40-26)31(39)24-9-4-10-27(34-24)36-14-5-7-19(36)2/h3-4,6,8-12,16-17,19H,5,7,13-15H2,1-2H3,(H,35,38)/t19-/m0/s1. The zero-order chi connectivity index (χ0) is 28.0. The second kappa shape index (κ2) is 10.7. The monoisotopic (exact) mass is 574 g/mol. The maximum Gasteiger partial charge on any atom is 0.276 e. The van der Waals surface area contributed by atoms with Crippen LogP contribution in [0.5, 0.6) is 0 Å². The largest absolute Gasteiger partial charge is 0.354 e. The molecule has 0 aliphatic carbocycles. The second-order valence-electron chi connectivity index (χ2n) is 10.3. The van der Waals surface area contributed by atoms with Crippen LogP contribution in [-0.4, -0.2) is 35.9 Å². The molecule has 0 radical (unpaired) electrons. The molecule has 0 saturated carbocycles. The van der Waals surface area contributed by atoms with E-state index in [1.54, 1.807) is 42.2 Å². The summed E-state index contributed by atoms with van der Waals surface area (Å²) in [7, 11) is 0. The van der Waals surface area contributed by atoms with Crippen LogP contribution in [0.2, 0.25) is 5.02 Å². The molecule has 0 bridgehead atoms. The number of nitrogens with one attached hydrogen (secondary N) is 1. The fourth-order valence-electron chi connectivity index (χ4n) is 5.52. The smallest absolute Gasteiger partial charge is 0.276 e. The van der Waals surface area contributed by atoms with E-state index in [-0.39, 0.29) is 17.5 Å². The Labute approximate surface area is 241 Å². The van der Waals surface area contributed by atoms with Gasteiger partial charge in [-0.25, -0.2) is 9.37 Å². The molecule has 1 saturated heterocycles. The lowest BCUT2D eigenvalue weighted by Gasteiger charge is -2.25. The van der Waals surface area contributed by atoms with Crippen LogP contribution >= 0.6 is 22.9 Å². The number of nitrogens with zero attached hydrogens (tertiary/aromatic N) is 3. The highest BCUT2D eigenvalue weighted by atomic mass is 35.5. The van der Waals surface area contributed by atoms with E-state index >= 15 is 0 Å². The Balaban J connectivity index is 1.33. The zero-order valence-electron chi connectivity index (χ0n) is 22.2. The van der Waals surface area contributed by atoms with Crippen LogP contribution in [0.15, 0.2) is 60.7 Å². The molecule has 1 atom stereocenters. The topological polar surface area (TPSA) is 65.5 Å². The van der Waals surface area contributed by atoms with Crippen molar-refractivity contribution in [2.24, 2.45) is 0 Å². The molecule has 6 nitrogen and oxygen atoms in total. The van der Waals surface area contributed by atoms with Crippen molar-refractivity contribution in [3.63, 3.8) is 0 Å². The third-order valence-electron chi connectivity index (χ3n) is 7.64. The lowest BCUT2D eigenvalue weighted by atomic mass is 10.1. The molecule has 4 aromatic rings. The summed E-state index contributed by atoms with van der Waals surface area (Å²) in [4.78, 5) is 37.1. The average Bonchev–Trinajstić information content (AvgIpc) is 3.54. The first-order valence-corrected chi connectivity index (χ1v) is 14.5. The van der Waals surface area contributed by atoms with Crippen LogP contribution in [0.25, 0.3) is 10.4 Å². The van der Waals surface area contributed by atoms with Gasteiger partial charge < -0.3 is 15.1 Å². The Morgan fingerprint density at radius 1 is 1.10 bits per heavy atom. The number of pyridine rings is 1. The number of carbonyl (C=O) groups is 2. The molecule has 2 aromatic carbocycles. The molecule has 1 N–H and O–H groups in total. The maximum absolute atomic E-state index is 14.4. The van der Waals surface area contributed by atoms with Crippen LogP contribution in [0.4, 0.5) is 21.6 Å². The van der Waals surface area contributed by atoms with Crippen molar-refractivity contribution < 1.29 is 14.0 Å². The van der Waals surface area contributed by atoms with E-state index in [2.05, 4.69) is 17.1 Å². The minimum absolute atomic E-state index is 0.179. The molecule has 0 unspecified atom stereocenters. The normalized spacial score (nSPS) is 16.4. The van der Waals surface area contributed by atoms with Crippen LogP contribution in [0, 0.1) is 12.7 Å². The Kier molecular flexibility index (Phi) is 7.06. The number of amides is 2. The fraction of sp³-hybridized carbons (Fsp3) is 0.258. The van der Waals surface area contributed by atoms with Crippen molar-refractivity contribution in [3.8, 4) is 10.4 Å². The van der Waals surface area contributed by atoms with E-state index in [1.807, 2.05) is 24.3 Å². The molecule has 2 amide bonds. The third kappa shape index (κ3) is 4.86. The highest BCUT2D eigenvalue weighted by Crippen LogP contribution is 2.43. The molecular weight excluding hydrogens is 547 g/mol. The van der Waals surface area contributed by atoms with Crippen molar-refractivity contribution in [2.75, 3.05) is 28.2 Å². The van der Waals surface area contributed by atoms with Gasteiger partial charge in [-0.1, -0.05) is 29.8 Å². The minimum atomic E-state index is -0.475. The first kappa shape index (κ1) is 26.5. The summed E-state index contributed by atoms with van der Waals surface area (Å²) in [6, 6.07) is 18.0. The zero-order valence-corrected chi connectivity index (χ0v) is 23.8. The van der Waals surface area contributed by atoms with E-state index in [9.17, 15) is 14.0 Å². The van der Waals surface area contributed by atoms with Crippen molar-refractivity contribution in [1.82, 2.24) is 4.98 Å². The Bertz CT molecular complexity index is 1620. The molecular formula is C31H28ClFN4O2S. The number of para-hydroxylation sites is 1. The highest BCUT2D eigenvalue weighted by molar-refractivity contribution is 7.17. The van der Waals surface area contributed by atoms with Gasteiger partial charge in [0, 0.05) is 34.6 Å². The molecule has 1 fully saturated rings. The van der Waals surface area contributed by atoms with Gasteiger partial charge in [-0.3, -0.25) is 9.59 Å². The van der Waals surface area contributed by atoms with Crippen LogP contribution < -0.4 is 15.1 Å². The predicted octanol–water partition coefficient (Wildman–Crippen LogP) is 7.35. The van der Waals surface area contributed by atoms with Gasteiger partial charge >= 0.3 is 0 Å². The number of anilines is 3. The summed E-state index contributed by atoms with van der Waals surface area (Å²) in [5.41, 5.74) is 3.66. The van der Waals surface area contributed by atoms with Gasteiger partial charge in [-0.2, -0.15) is 0 Å². The lowest BCUT2D eigenvalue weighted by molar-refractivity contribution is 0.0981. The Morgan fingerprint density at radius 2 is 1.93 bits per heavy atom. The van der Waals surface area contributed by atoms with Gasteiger partial charge in [0.25, 0.3) is 11.8 Å². The Morgan fingerprint density at radius 3 is 2.70 bits per heavy atom. The maximum atomic E-state index is 14.4. The molecule has 4 heterocycles. The number of aryl methyl sites for hydroxylation is 1. The van der Waals surface area contributed by atoms with Gasteiger partial charge in [0.2, 0.25) is 0 Å². The van der Waals surface area contributed by atoms with E-state index in [1.165, 1.54) is 17.4 Å². The van der Waals surface area contributed by atoms with Gasteiger partial charge in [0.15, 0.2) is 0 Å². The molecule has 9 heteroatoms. The van der Waals surface area contributed by atoms with Gasteiger partial charge in [0.1, 0.15) is 17.3 Å². The first-order chi connectivity index (χ1) is 19.3. The van der Waals surface area contributed by atoms with E-state index in [4.69, 9.17) is 16.6 Å². The summed E-state index contributed by atoms with van der Waals surface area (Å²) < 4.78 is 14.4. The van der Waals surface area contributed by atoms with Crippen LogP contribution in [0.1, 0.15) is 51.1 Å². The van der Waals surface area contributed by atoms with Crippen LogP contribution in [0.3, 0.4) is 0 Å². The number of rotatable bonds is 4. The second-order valence-corrected chi connectivity index (χ2v) is 11.8. The predicted molar refractivity (Wildman–Crippen MR) is 160 cm³/mol. The van der Waals surface area contributed by atoms with E-state index in [0.29, 0.717) is 45.9 Å². The quantitative estimate of drug-likeness (QED) is 0.277. The minimum Gasteiger partial charge on any atom is -0.354 e. The SMILES string of the molecule is Cc1cccc(F)c1NC(=O)c1cc2c(s1)-c1ccc(Cl)cc1N(C(=O)c1cccc(N3CCC[C@@H]3C)n1)CC2. The van der Waals surface area contributed by atoms with E-state index in [0.717, 1.165) is 41.2 Å². The van der Waals surface area contributed by atoms with Crippen molar-refractivity contribution in [3.05, 3.63) is 93.2 Å². The van der Waals surface area contributed by atoms with Crippen LogP contribution in [-0.2, 0) is 6.42 Å². The lowest BCUT2D eigenvalue weighted by Crippen LogP contribution is -2.34. The number of carbonyl (C=O) groups excluding carboxylic acids is 2.